The second kappa shape index (κ2) is 12.3. The monoisotopic (exact) mass is 624 g/mol. The van der Waals surface area contributed by atoms with E-state index in [1.165, 1.54) is 0 Å². The van der Waals surface area contributed by atoms with Gasteiger partial charge in [0.1, 0.15) is 13.2 Å². The van der Waals surface area contributed by atoms with Crippen LogP contribution in [0.15, 0.2) is 133 Å². The highest BCUT2D eigenvalue weighted by Crippen LogP contribution is 2.48. The Kier molecular flexibility index (Phi) is 7.66. The summed E-state index contributed by atoms with van der Waals surface area (Å²) in [5.74, 6) is 12.3. The molecule has 2 N–H and O–H groups in total. The van der Waals surface area contributed by atoms with Crippen molar-refractivity contribution in [3.63, 3.8) is 0 Å². The van der Waals surface area contributed by atoms with Crippen LogP contribution in [0.4, 0.5) is 0 Å². The molecule has 6 aromatic carbocycles. The second-order valence-electron chi connectivity index (χ2n) is 12.2. The van der Waals surface area contributed by atoms with E-state index in [-0.39, 0.29) is 13.2 Å². The molecule has 0 fully saturated rings. The molecule has 0 aliphatic heterocycles. The summed E-state index contributed by atoms with van der Waals surface area (Å²) in [6.07, 6.45) is 0. The molecule has 0 unspecified atom stereocenters. The Balaban J connectivity index is 0.895. The summed E-state index contributed by atoms with van der Waals surface area (Å²) in [6, 6.07) is 44.0. The molecule has 0 aromatic heterocycles. The predicted molar refractivity (Wildman–Crippen MR) is 189 cm³/mol. The van der Waals surface area contributed by atoms with Crippen LogP contribution in [-0.2, 0) is 33.9 Å². The van der Waals surface area contributed by atoms with Crippen molar-refractivity contribution in [2.24, 2.45) is 0 Å². The first-order chi connectivity index (χ1) is 23.5. The molecule has 232 valence electrons. The third-order valence-electron chi connectivity index (χ3n) is 9.24. The maximum absolute atomic E-state index is 11.6. The summed E-state index contributed by atoms with van der Waals surface area (Å²) < 4.78 is 11.8. The Morgan fingerprint density at radius 2 is 0.792 bits per heavy atom. The van der Waals surface area contributed by atoms with Gasteiger partial charge in [0.25, 0.3) is 0 Å². The van der Waals surface area contributed by atoms with Crippen molar-refractivity contribution >= 4 is 10.8 Å². The fraction of sp³-hybridized carbons (Fsp3) is 0.136. The predicted octanol–water partition coefficient (Wildman–Crippen LogP) is 7.71. The van der Waals surface area contributed by atoms with Crippen LogP contribution >= 0.6 is 0 Å². The standard InChI is InChI=1S/C44H32O4/c45-43(39-15-5-1-11-35(39)36-12-2-6-16-40(36)43)23-9-25-47-29-31-19-21-33-22-20-32(28-34(33)27-31)30-48-26-10-24-44(46)41-17-7-3-13-37(41)38-14-4-8-18-42(38)44/h1-8,11-22,27-28,45-46H,25-26,29-30H2. The van der Waals surface area contributed by atoms with Crippen molar-refractivity contribution < 1.29 is 19.7 Å². The van der Waals surface area contributed by atoms with Gasteiger partial charge in [-0.25, -0.2) is 0 Å². The van der Waals surface area contributed by atoms with E-state index < -0.39 is 11.2 Å². The van der Waals surface area contributed by atoms with Crippen molar-refractivity contribution in [2.45, 2.75) is 24.4 Å². The fourth-order valence-electron chi connectivity index (χ4n) is 6.99. The molecule has 0 bridgehead atoms. The fourth-order valence-corrected chi connectivity index (χ4v) is 6.99. The van der Waals surface area contributed by atoms with Crippen molar-refractivity contribution in [3.05, 3.63) is 167 Å². The first kappa shape index (κ1) is 29.9. The first-order valence-corrected chi connectivity index (χ1v) is 16.1. The number of aliphatic hydroxyl groups is 2. The maximum atomic E-state index is 11.6. The molecule has 2 aliphatic rings. The normalized spacial score (nSPS) is 14.1. The van der Waals surface area contributed by atoms with E-state index in [0.717, 1.165) is 66.4 Å². The quantitative estimate of drug-likeness (QED) is 0.147. The molecule has 0 saturated carbocycles. The molecule has 6 aromatic rings. The number of hydrogen-bond acceptors (Lipinski definition) is 4. The van der Waals surface area contributed by atoms with Crippen molar-refractivity contribution in [3.8, 4) is 45.9 Å². The smallest absolute Gasteiger partial charge is 0.178 e. The van der Waals surface area contributed by atoms with Crippen molar-refractivity contribution in [1.29, 1.82) is 0 Å². The third kappa shape index (κ3) is 5.19. The zero-order valence-electron chi connectivity index (χ0n) is 26.2. The van der Waals surface area contributed by atoms with Crippen molar-refractivity contribution in [2.75, 3.05) is 13.2 Å². The zero-order valence-corrected chi connectivity index (χ0v) is 26.2. The average molecular weight is 625 g/mol. The van der Waals surface area contributed by atoms with E-state index in [9.17, 15) is 10.2 Å². The molecule has 0 saturated heterocycles. The molecule has 2 aliphatic carbocycles. The Morgan fingerprint density at radius 3 is 1.17 bits per heavy atom. The van der Waals surface area contributed by atoms with Gasteiger partial charge in [0, 0.05) is 22.3 Å². The van der Waals surface area contributed by atoms with Crippen LogP contribution in [0.5, 0.6) is 0 Å². The Morgan fingerprint density at radius 1 is 0.438 bits per heavy atom. The first-order valence-electron chi connectivity index (χ1n) is 16.1. The molecule has 0 amide bonds. The Hall–Kier alpha value is -5.46. The lowest BCUT2D eigenvalue weighted by atomic mass is 9.92. The van der Waals surface area contributed by atoms with Gasteiger partial charge in [-0.15, -0.1) is 0 Å². The molecule has 0 heterocycles. The highest BCUT2D eigenvalue weighted by Gasteiger charge is 2.41. The summed E-state index contributed by atoms with van der Waals surface area (Å²) in [5, 5.41) is 25.5. The topological polar surface area (TPSA) is 58.9 Å². The molecular formula is C44H32O4. The molecule has 4 nitrogen and oxygen atoms in total. The minimum Gasteiger partial charge on any atom is -0.369 e. The van der Waals surface area contributed by atoms with Gasteiger partial charge in [-0.2, -0.15) is 0 Å². The molecule has 8 rings (SSSR count). The summed E-state index contributed by atoms with van der Waals surface area (Å²) in [7, 11) is 0. The van der Waals surface area contributed by atoms with Gasteiger partial charge in [0.15, 0.2) is 11.2 Å². The second-order valence-corrected chi connectivity index (χ2v) is 12.2. The van der Waals surface area contributed by atoms with Gasteiger partial charge in [-0.05, 0) is 56.3 Å². The third-order valence-corrected chi connectivity index (χ3v) is 9.24. The van der Waals surface area contributed by atoms with Crippen LogP contribution in [0, 0.1) is 23.7 Å². The summed E-state index contributed by atoms with van der Waals surface area (Å²) in [6.45, 7) is 1.21. The summed E-state index contributed by atoms with van der Waals surface area (Å²) >= 11 is 0. The summed E-state index contributed by atoms with van der Waals surface area (Å²) in [5.41, 5.74) is 6.66. The van der Waals surface area contributed by atoms with Crippen LogP contribution < -0.4 is 0 Å². The van der Waals surface area contributed by atoms with Gasteiger partial charge in [0.05, 0.1) is 13.2 Å². The average Bonchev–Trinajstić information content (AvgIpc) is 3.54. The van der Waals surface area contributed by atoms with Crippen LogP contribution in [0.25, 0.3) is 33.0 Å². The number of fused-ring (bicyclic) bond motifs is 7. The van der Waals surface area contributed by atoms with E-state index in [1.807, 2.05) is 97.1 Å². The van der Waals surface area contributed by atoms with Gasteiger partial charge in [-0.3, -0.25) is 0 Å². The highest BCUT2D eigenvalue weighted by atomic mass is 16.5. The Labute approximate surface area is 280 Å². The maximum Gasteiger partial charge on any atom is 0.178 e. The van der Waals surface area contributed by atoms with Crippen LogP contribution in [0.2, 0.25) is 0 Å². The van der Waals surface area contributed by atoms with Crippen LogP contribution in [0.1, 0.15) is 33.4 Å². The molecule has 4 heteroatoms. The molecule has 48 heavy (non-hydrogen) atoms. The lowest BCUT2D eigenvalue weighted by Crippen LogP contribution is -2.22. The zero-order chi connectivity index (χ0) is 32.6. The van der Waals surface area contributed by atoms with E-state index in [1.54, 1.807) is 0 Å². The minimum absolute atomic E-state index is 0.200. The van der Waals surface area contributed by atoms with E-state index in [2.05, 4.69) is 60.1 Å². The van der Waals surface area contributed by atoms with Gasteiger partial charge >= 0.3 is 0 Å². The number of benzene rings is 6. The number of hydrogen-bond donors (Lipinski definition) is 2. The van der Waals surface area contributed by atoms with Gasteiger partial charge in [0.2, 0.25) is 0 Å². The molecular weight excluding hydrogens is 592 g/mol. The number of rotatable bonds is 6. The van der Waals surface area contributed by atoms with Gasteiger partial charge < -0.3 is 19.7 Å². The largest absolute Gasteiger partial charge is 0.369 e. The lowest BCUT2D eigenvalue weighted by molar-refractivity contribution is 0.144. The summed E-state index contributed by atoms with van der Waals surface area (Å²) in [4.78, 5) is 0. The van der Waals surface area contributed by atoms with Crippen LogP contribution in [-0.4, -0.2) is 23.4 Å². The highest BCUT2D eigenvalue weighted by molar-refractivity contribution is 5.84. The lowest BCUT2D eigenvalue weighted by Gasteiger charge is -2.18. The van der Waals surface area contributed by atoms with Crippen LogP contribution in [0.3, 0.4) is 0 Å². The minimum atomic E-state index is -1.35. The molecule has 0 atom stereocenters. The van der Waals surface area contributed by atoms with E-state index >= 15 is 0 Å². The SMILES string of the molecule is OC1(C#CCOCc2ccc3ccc(COCC#CC4(O)c5ccccc5-c5ccccc54)cc3c2)c2ccccc2-c2ccccc21. The molecule has 0 spiro atoms. The van der Waals surface area contributed by atoms with Gasteiger partial charge in [-0.1, -0.05) is 145 Å². The van der Waals surface area contributed by atoms with E-state index in [0.29, 0.717) is 13.2 Å². The van der Waals surface area contributed by atoms with E-state index in [4.69, 9.17) is 9.47 Å². The Bertz CT molecular complexity index is 2060. The van der Waals surface area contributed by atoms with Crippen molar-refractivity contribution in [1.82, 2.24) is 0 Å². The number of ether oxygens (including phenoxy) is 2. The molecule has 0 radical (unpaired) electrons.